The van der Waals surface area contributed by atoms with E-state index in [1.54, 1.807) is 12.1 Å². The molecule has 12 heavy (non-hydrogen) atoms. The number of nitrogens with one attached hydrogen (secondary N) is 1. The van der Waals surface area contributed by atoms with Gasteiger partial charge in [-0.2, -0.15) is 0 Å². The van der Waals surface area contributed by atoms with E-state index in [1.165, 1.54) is 12.8 Å². The lowest BCUT2D eigenvalue weighted by atomic mass is 10.3. The van der Waals surface area contributed by atoms with E-state index in [0.717, 1.165) is 18.2 Å². The van der Waals surface area contributed by atoms with Gasteiger partial charge in [0.1, 0.15) is 5.75 Å². The van der Waals surface area contributed by atoms with Crippen molar-refractivity contribution < 1.29 is 5.11 Å². The molecule has 0 amide bonds. The van der Waals surface area contributed by atoms with E-state index in [9.17, 15) is 0 Å². The Kier molecular flexibility index (Phi) is 1.90. The number of benzene rings is 1. The first kappa shape index (κ1) is 7.47. The highest BCUT2D eigenvalue weighted by Crippen LogP contribution is 2.29. The summed E-state index contributed by atoms with van der Waals surface area (Å²) in [6.07, 6.45) is 2.73. The van der Waals surface area contributed by atoms with Crippen LogP contribution >= 0.6 is 0 Å². The average molecular weight is 163 g/mol. The molecule has 64 valence electrons. The fourth-order valence-corrected chi connectivity index (χ4v) is 1.16. The molecule has 1 saturated carbocycles. The number of anilines is 1. The normalized spacial score (nSPS) is 16.0. The van der Waals surface area contributed by atoms with E-state index < -0.39 is 0 Å². The Morgan fingerprint density at radius 2 is 1.92 bits per heavy atom. The summed E-state index contributed by atoms with van der Waals surface area (Å²) in [4.78, 5) is 0. The molecular formula is C10H13NO. The van der Waals surface area contributed by atoms with Gasteiger partial charge in [-0.3, -0.25) is 0 Å². The fourth-order valence-electron chi connectivity index (χ4n) is 1.16. The molecule has 0 bridgehead atoms. The maximum atomic E-state index is 9.02. The SMILES string of the molecule is Oc1ccc(NCC2CC2)cc1. The molecule has 1 aliphatic carbocycles. The summed E-state index contributed by atoms with van der Waals surface area (Å²) in [6, 6.07) is 7.21. The molecule has 0 saturated heterocycles. The molecule has 0 aromatic heterocycles. The Balaban J connectivity index is 1.89. The Morgan fingerprint density at radius 3 is 2.50 bits per heavy atom. The van der Waals surface area contributed by atoms with Crippen LogP contribution in [0.15, 0.2) is 24.3 Å². The molecule has 1 fully saturated rings. The monoisotopic (exact) mass is 163 g/mol. The van der Waals surface area contributed by atoms with Crippen LogP contribution in [0.1, 0.15) is 12.8 Å². The van der Waals surface area contributed by atoms with Crippen molar-refractivity contribution in [1.29, 1.82) is 0 Å². The number of rotatable bonds is 3. The molecule has 0 aliphatic heterocycles. The summed E-state index contributed by atoms with van der Waals surface area (Å²) in [5.41, 5.74) is 1.10. The molecule has 0 atom stereocenters. The predicted molar refractivity (Wildman–Crippen MR) is 49.3 cm³/mol. The number of hydrogen-bond donors (Lipinski definition) is 2. The zero-order valence-corrected chi connectivity index (χ0v) is 6.96. The first-order chi connectivity index (χ1) is 5.84. The quantitative estimate of drug-likeness (QED) is 0.669. The summed E-state index contributed by atoms with van der Waals surface area (Å²) >= 11 is 0. The van der Waals surface area contributed by atoms with Gasteiger partial charge in [-0.15, -0.1) is 0 Å². The lowest BCUT2D eigenvalue weighted by Gasteiger charge is -2.04. The first-order valence-electron chi connectivity index (χ1n) is 4.37. The number of aromatic hydroxyl groups is 1. The molecule has 1 aromatic carbocycles. The zero-order valence-electron chi connectivity index (χ0n) is 6.96. The van der Waals surface area contributed by atoms with Gasteiger partial charge in [0.25, 0.3) is 0 Å². The zero-order chi connectivity index (χ0) is 8.39. The lowest BCUT2D eigenvalue weighted by Crippen LogP contribution is -2.02. The maximum absolute atomic E-state index is 9.02. The van der Waals surface area contributed by atoms with Gasteiger partial charge in [0, 0.05) is 12.2 Å². The molecule has 1 aromatic rings. The average Bonchev–Trinajstić information content (AvgIpc) is 2.87. The minimum absolute atomic E-state index is 0.326. The number of phenols is 1. The third-order valence-corrected chi connectivity index (χ3v) is 2.16. The molecule has 0 radical (unpaired) electrons. The van der Waals surface area contributed by atoms with E-state index >= 15 is 0 Å². The number of hydrogen-bond acceptors (Lipinski definition) is 2. The van der Waals surface area contributed by atoms with Crippen LogP contribution in [0.5, 0.6) is 5.75 Å². The van der Waals surface area contributed by atoms with Crippen LogP contribution in [-0.4, -0.2) is 11.7 Å². The van der Waals surface area contributed by atoms with E-state index in [1.807, 2.05) is 12.1 Å². The predicted octanol–water partition coefficient (Wildman–Crippen LogP) is 2.21. The minimum Gasteiger partial charge on any atom is -0.508 e. The second-order valence-electron chi connectivity index (χ2n) is 3.37. The van der Waals surface area contributed by atoms with Gasteiger partial charge in [0.2, 0.25) is 0 Å². The van der Waals surface area contributed by atoms with Crippen molar-refractivity contribution in [3.8, 4) is 5.75 Å². The topological polar surface area (TPSA) is 32.3 Å². The van der Waals surface area contributed by atoms with Gasteiger partial charge < -0.3 is 10.4 Å². The van der Waals surface area contributed by atoms with Crippen LogP contribution in [0, 0.1) is 5.92 Å². The second-order valence-corrected chi connectivity index (χ2v) is 3.37. The summed E-state index contributed by atoms with van der Waals surface area (Å²) < 4.78 is 0. The summed E-state index contributed by atoms with van der Waals surface area (Å²) in [6.45, 7) is 1.07. The van der Waals surface area contributed by atoms with Gasteiger partial charge in [-0.25, -0.2) is 0 Å². The smallest absolute Gasteiger partial charge is 0.115 e. The van der Waals surface area contributed by atoms with E-state index in [4.69, 9.17) is 5.11 Å². The highest BCUT2D eigenvalue weighted by Gasteiger charge is 2.20. The van der Waals surface area contributed by atoms with Crippen LogP contribution in [0.3, 0.4) is 0 Å². The second kappa shape index (κ2) is 3.05. The van der Waals surface area contributed by atoms with Crippen molar-refractivity contribution in [1.82, 2.24) is 0 Å². The van der Waals surface area contributed by atoms with Crippen molar-refractivity contribution in [2.24, 2.45) is 5.92 Å². The Bertz CT molecular complexity index is 251. The van der Waals surface area contributed by atoms with Crippen molar-refractivity contribution in [3.05, 3.63) is 24.3 Å². The molecule has 2 nitrogen and oxygen atoms in total. The molecule has 1 aliphatic rings. The van der Waals surface area contributed by atoms with Crippen LogP contribution < -0.4 is 5.32 Å². The summed E-state index contributed by atoms with van der Waals surface area (Å²) in [5, 5.41) is 12.3. The summed E-state index contributed by atoms with van der Waals surface area (Å²) in [7, 11) is 0. The third-order valence-electron chi connectivity index (χ3n) is 2.16. The van der Waals surface area contributed by atoms with Crippen LogP contribution in [0.2, 0.25) is 0 Å². The number of phenolic OH excluding ortho intramolecular Hbond substituents is 1. The first-order valence-corrected chi connectivity index (χ1v) is 4.37. The van der Waals surface area contributed by atoms with Gasteiger partial charge in [-0.05, 0) is 43.0 Å². The van der Waals surface area contributed by atoms with Crippen LogP contribution in [0.4, 0.5) is 5.69 Å². The largest absolute Gasteiger partial charge is 0.508 e. The van der Waals surface area contributed by atoms with E-state index in [2.05, 4.69) is 5.32 Å². The van der Waals surface area contributed by atoms with Crippen molar-refractivity contribution in [2.45, 2.75) is 12.8 Å². The van der Waals surface area contributed by atoms with Gasteiger partial charge >= 0.3 is 0 Å². The third kappa shape index (κ3) is 1.91. The van der Waals surface area contributed by atoms with E-state index in [-0.39, 0.29) is 0 Å². The van der Waals surface area contributed by atoms with E-state index in [0.29, 0.717) is 5.75 Å². The Labute approximate surface area is 72.2 Å². The van der Waals surface area contributed by atoms with Crippen molar-refractivity contribution in [3.63, 3.8) is 0 Å². The van der Waals surface area contributed by atoms with Gasteiger partial charge in [0.15, 0.2) is 0 Å². The van der Waals surface area contributed by atoms with Crippen LogP contribution in [0.25, 0.3) is 0 Å². The molecule has 2 N–H and O–H groups in total. The molecule has 0 heterocycles. The van der Waals surface area contributed by atoms with Gasteiger partial charge in [-0.1, -0.05) is 0 Å². The highest BCUT2D eigenvalue weighted by atomic mass is 16.3. The molecule has 0 spiro atoms. The summed E-state index contributed by atoms with van der Waals surface area (Å²) in [5.74, 6) is 1.21. The van der Waals surface area contributed by atoms with Crippen LogP contribution in [-0.2, 0) is 0 Å². The maximum Gasteiger partial charge on any atom is 0.115 e. The van der Waals surface area contributed by atoms with Gasteiger partial charge in [0.05, 0.1) is 0 Å². The lowest BCUT2D eigenvalue weighted by molar-refractivity contribution is 0.475. The molecule has 2 heteroatoms. The van der Waals surface area contributed by atoms with Crippen molar-refractivity contribution in [2.75, 3.05) is 11.9 Å². The van der Waals surface area contributed by atoms with Crippen molar-refractivity contribution >= 4 is 5.69 Å². The molecule has 0 unspecified atom stereocenters. The fraction of sp³-hybridized carbons (Fsp3) is 0.400. The standard InChI is InChI=1S/C10H13NO/c12-10-5-3-9(4-6-10)11-7-8-1-2-8/h3-6,8,11-12H,1-2,7H2. The molecular weight excluding hydrogens is 150 g/mol. The Morgan fingerprint density at radius 1 is 1.25 bits per heavy atom. The molecule has 2 rings (SSSR count). The highest BCUT2D eigenvalue weighted by molar-refractivity contribution is 5.45. The Hall–Kier alpha value is -1.18. The minimum atomic E-state index is 0.326.